The van der Waals surface area contributed by atoms with E-state index in [1.807, 2.05) is 24.5 Å². The zero-order valence-electron chi connectivity index (χ0n) is 15.9. The number of fused-ring (bicyclic) bond motifs is 2. The van der Waals surface area contributed by atoms with E-state index in [0.29, 0.717) is 5.88 Å². The molecule has 0 saturated carbocycles. The minimum atomic E-state index is 0.605. The predicted octanol–water partition coefficient (Wildman–Crippen LogP) is 6.56. The summed E-state index contributed by atoms with van der Waals surface area (Å²) in [6.07, 6.45) is 5.59. The third-order valence-electron chi connectivity index (χ3n) is 5.23. The smallest absolute Gasteiger partial charge is 0.238 e. The molecular weight excluding hydrogens is 366 g/mol. The number of rotatable bonds is 3. The van der Waals surface area contributed by atoms with Crippen molar-refractivity contribution in [1.82, 2.24) is 14.3 Å². The van der Waals surface area contributed by atoms with Crippen molar-refractivity contribution in [2.45, 2.75) is 20.8 Å². The number of ether oxygens (including phenoxy) is 1. The van der Waals surface area contributed by atoms with Crippen molar-refractivity contribution in [2.24, 2.45) is 0 Å². The second-order valence-electron chi connectivity index (χ2n) is 7.07. The van der Waals surface area contributed by atoms with Crippen LogP contribution in [-0.4, -0.2) is 14.3 Å². The van der Waals surface area contributed by atoms with Gasteiger partial charge in [0.1, 0.15) is 10.4 Å². The highest BCUT2D eigenvalue weighted by molar-refractivity contribution is 7.13. The van der Waals surface area contributed by atoms with Crippen molar-refractivity contribution in [2.75, 3.05) is 0 Å². The largest absolute Gasteiger partial charge is 0.438 e. The highest BCUT2D eigenvalue weighted by Gasteiger charge is 2.14. The van der Waals surface area contributed by atoms with E-state index in [2.05, 4.69) is 59.4 Å². The molecule has 28 heavy (non-hydrogen) atoms. The van der Waals surface area contributed by atoms with Crippen LogP contribution in [0.15, 0.2) is 55.0 Å². The molecule has 0 aliphatic rings. The van der Waals surface area contributed by atoms with Crippen LogP contribution in [0, 0.1) is 20.8 Å². The number of pyridine rings is 1. The molecule has 5 heteroatoms. The van der Waals surface area contributed by atoms with Gasteiger partial charge in [0.15, 0.2) is 0 Å². The Morgan fingerprint density at radius 3 is 2.75 bits per heavy atom. The van der Waals surface area contributed by atoms with Gasteiger partial charge in [-0.1, -0.05) is 6.07 Å². The van der Waals surface area contributed by atoms with E-state index in [9.17, 15) is 0 Å². The number of nitrogens with zero attached hydrogens (tertiary/aromatic N) is 2. The summed E-state index contributed by atoms with van der Waals surface area (Å²) in [5.74, 6) is 1.39. The van der Waals surface area contributed by atoms with Crippen LogP contribution in [0.5, 0.6) is 11.6 Å². The van der Waals surface area contributed by atoms with Gasteiger partial charge in [-0.25, -0.2) is 4.98 Å². The Bertz CT molecular complexity index is 1330. The second kappa shape index (κ2) is 6.46. The lowest BCUT2D eigenvalue weighted by atomic mass is 9.91. The molecule has 4 nitrogen and oxygen atoms in total. The Balaban J connectivity index is 1.56. The Hall–Kier alpha value is -3.18. The summed E-state index contributed by atoms with van der Waals surface area (Å²) in [4.78, 5) is 7.70. The predicted molar refractivity (Wildman–Crippen MR) is 115 cm³/mol. The zero-order chi connectivity index (χ0) is 19.3. The fraction of sp³-hybridized carbons (Fsp3) is 0.130. The summed E-state index contributed by atoms with van der Waals surface area (Å²) in [7, 11) is 0. The number of aromatic nitrogens is 3. The molecule has 138 valence electrons. The van der Waals surface area contributed by atoms with E-state index in [1.54, 1.807) is 6.20 Å². The molecule has 0 saturated heterocycles. The summed E-state index contributed by atoms with van der Waals surface area (Å²) < 4.78 is 11.3. The molecule has 5 rings (SSSR count). The van der Waals surface area contributed by atoms with Crippen molar-refractivity contribution in [1.29, 1.82) is 0 Å². The lowest BCUT2D eigenvalue weighted by Gasteiger charge is -2.15. The number of aromatic amines is 1. The summed E-state index contributed by atoms with van der Waals surface area (Å²) in [5, 5.41) is 2.32. The van der Waals surface area contributed by atoms with Gasteiger partial charge in [0.25, 0.3) is 0 Å². The van der Waals surface area contributed by atoms with Gasteiger partial charge in [0.05, 0.1) is 0 Å². The lowest BCUT2D eigenvalue weighted by molar-refractivity contribution is 0.470. The molecule has 2 aromatic carbocycles. The van der Waals surface area contributed by atoms with Gasteiger partial charge in [-0.2, -0.15) is 4.37 Å². The summed E-state index contributed by atoms with van der Waals surface area (Å²) in [6.45, 7) is 6.49. The zero-order valence-corrected chi connectivity index (χ0v) is 16.7. The van der Waals surface area contributed by atoms with Gasteiger partial charge in [-0.3, -0.25) is 0 Å². The lowest BCUT2D eigenvalue weighted by Crippen LogP contribution is -1.94. The van der Waals surface area contributed by atoms with E-state index < -0.39 is 0 Å². The van der Waals surface area contributed by atoms with E-state index in [4.69, 9.17) is 4.74 Å². The minimum Gasteiger partial charge on any atom is -0.438 e. The van der Waals surface area contributed by atoms with Crippen LogP contribution in [0.2, 0.25) is 0 Å². The van der Waals surface area contributed by atoms with Crippen LogP contribution >= 0.6 is 11.5 Å². The molecule has 0 atom stereocenters. The molecule has 0 radical (unpaired) electrons. The summed E-state index contributed by atoms with van der Waals surface area (Å²) >= 11 is 1.40. The number of hydrogen-bond acceptors (Lipinski definition) is 4. The maximum absolute atomic E-state index is 6.09. The molecular formula is C23H19N3OS. The van der Waals surface area contributed by atoms with Gasteiger partial charge in [-0.05, 0) is 90.5 Å². The summed E-state index contributed by atoms with van der Waals surface area (Å²) in [5.41, 5.74) is 7.44. The Labute approximate surface area is 167 Å². The standard InChI is InChI=1S/C23H19N3OS/c1-13-10-17(27-23-22-16(6-8-25-23)12-26-28-22)4-5-18(13)21-14(2)11-20-19(15(21)3)7-9-24-20/h4-12,24H,1-3H3. The van der Waals surface area contributed by atoms with E-state index >= 15 is 0 Å². The Morgan fingerprint density at radius 2 is 1.89 bits per heavy atom. The third-order valence-corrected chi connectivity index (χ3v) is 6.04. The topological polar surface area (TPSA) is 50.8 Å². The van der Waals surface area contributed by atoms with Crippen molar-refractivity contribution >= 4 is 32.5 Å². The quantitative estimate of drug-likeness (QED) is 0.383. The summed E-state index contributed by atoms with van der Waals surface area (Å²) in [6, 6.07) is 12.5. The number of hydrogen-bond donors (Lipinski definition) is 1. The molecule has 5 aromatic rings. The molecule has 0 fully saturated rings. The van der Waals surface area contributed by atoms with Crippen LogP contribution in [-0.2, 0) is 0 Å². The average molecular weight is 385 g/mol. The van der Waals surface area contributed by atoms with Gasteiger partial charge in [0, 0.05) is 34.9 Å². The van der Waals surface area contributed by atoms with Crippen molar-refractivity contribution in [3.63, 3.8) is 0 Å². The first-order valence-corrected chi connectivity index (χ1v) is 9.95. The fourth-order valence-corrected chi connectivity index (χ4v) is 4.57. The SMILES string of the molecule is Cc1cc(Oc2nccc3cnsc23)ccc1-c1c(C)cc2[nH]ccc2c1C. The molecule has 1 N–H and O–H groups in total. The Morgan fingerprint density at radius 1 is 1.00 bits per heavy atom. The number of H-pyrrole nitrogens is 1. The van der Waals surface area contributed by atoms with E-state index in [1.165, 1.54) is 50.3 Å². The van der Waals surface area contributed by atoms with Crippen molar-refractivity contribution in [3.05, 3.63) is 71.7 Å². The normalized spacial score (nSPS) is 11.4. The number of benzene rings is 2. The first-order valence-electron chi connectivity index (χ1n) is 9.17. The molecule has 0 unspecified atom stereocenters. The molecule has 0 amide bonds. The fourth-order valence-electron chi connectivity index (χ4n) is 3.90. The second-order valence-corrected chi connectivity index (χ2v) is 7.87. The van der Waals surface area contributed by atoms with Crippen LogP contribution in [0.3, 0.4) is 0 Å². The Kier molecular flexibility index (Phi) is 3.91. The maximum Gasteiger partial charge on any atom is 0.238 e. The van der Waals surface area contributed by atoms with E-state index in [-0.39, 0.29) is 0 Å². The van der Waals surface area contributed by atoms with Crippen molar-refractivity contribution < 1.29 is 4.74 Å². The minimum absolute atomic E-state index is 0.605. The van der Waals surface area contributed by atoms with Gasteiger partial charge in [0.2, 0.25) is 5.88 Å². The van der Waals surface area contributed by atoms with Gasteiger partial charge >= 0.3 is 0 Å². The molecule has 0 aliphatic carbocycles. The number of aryl methyl sites for hydroxylation is 3. The highest BCUT2D eigenvalue weighted by atomic mass is 32.1. The highest BCUT2D eigenvalue weighted by Crippen LogP contribution is 2.37. The van der Waals surface area contributed by atoms with Crippen LogP contribution in [0.4, 0.5) is 0 Å². The van der Waals surface area contributed by atoms with Gasteiger partial charge < -0.3 is 9.72 Å². The molecule has 3 heterocycles. The number of nitrogens with one attached hydrogen (secondary N) is 1. The molecule has 0 aliphatic heterocycles. The van der Waals surface area contributed by atoms with Crippen molar-refractivity contribution in [3.8, 4) is 22.8 Å². The first kappa shape index (κ1) is 17.0. The van der Waals surface area contributed by atoms with E-state index in [0.717, 1.165) is 15.8 Å². The molecule has 3 aromatic heterocycles. The maximum atomic E-state index is 6.09. The van der Waals surface area contributed by atoms with Crippen LogP contribution < -0.4 is 4.74 Å². The first-order chi connectivity index (χ1) is 13.6. The molecule has 0 bridgehead atoms. The molecule has 0 spiro atoms. The van der Waals surface area contributed by atoms with Crippen LogP contribution in [0.25, 0.3) is 32.1 Å². The third kappa shape index (κ3) is 2.67. The van der Waals surface area contributed by atoms with Crippen LogP contribution in [0.1, 0.15) is 16.7 Å². The monoisotopic (exact) mass is 385 g/mol. The van der Waals surface area contributed by atoms with Gasteiger partial charge in [-0.15, -0.1) is 0 Å². The average Bonchev–Trinajstić information content (AvgIpc) is 3.33.